The van der Waals surface area contributed by atoms with Crippen LogP contribution in [0.4, 0.5) is 0 Å². The molecular formula is C29H44O3. The minimum absolute atomic E-state index is 0.0628. The number of ketones is 1. The third-order valence-electron chi connectivity index (χ3n) is 12.0. The predicted molar refractivity (Wildman–Crippen MR) is 126 cm³/mol. The van der Waals surface area contributed by atoms with Gasteiger partial charge in [-0.1, -0.05) is 46.3 Å². The minimum atomic E-state index is -0.261. The van der Waals surface area contributed by atoms with Crippen molar-refractivity contribution < 1.29 is 14.3 Å². The van der Waals surface area contributed by atoms with Crippen LogP contribution in [0, 0.1) is 46.3 Å². The van der Waals surface area contributed by atoms with E-state index in [-0.39, 0.29) is 28.8 Å². The molecule has 0 aromatic carbocycles. The van der Waals surface area contributed by atoms with Gasteiger partial charge in [-0.25, -0.2) is 0 Å². The molecule has 2 spiro atoms. The van der Waals surface area contributed by atoms with Crippen LogP contribution in [0.1, 0.15) is 98.8 Å². The fraction of sp³-hybridized carbons (Fsp3) is 0.897. The highest BCUT2D eigenvalue weighted by molar-refractivity contribution is 5.87. The van der Waals surface area contributed by atoms with Gasteiger partial charge in [0.2, 0.25) is 0 Å². The van der Waals surface area contributed by atoms with Crippen molar-refractivity contribution in [3.05, 3.63) is 12.2 Å². The molecule has 178 valence electrons. The molecule has 2 saturated heterocycles. The first kappa shape index (κ1) is 21.8. The Labute approximate surface area is 195 Å². The molecule has 3 nitrogen and oxygen atoms in total. The first-order chi connectivity index (χ1) is 15.1. The summed E-state index contributed by atoms with van der Waals surface area (Å²) >= 11 is 0. The van der Waals surface area contributed by atoms with Gasteiger partial charge in [-0.2, -0.15) is 0 Å². The van der Waals surface area contributed by atoms with Gasteiger partial charge < -0.3 is 9.47 Å². The second-order valence-corrected chi connectivity index (χ2v) is 13.6. The van der Waals surface area contributed by atoms with Crippen molar-refractivity contribution >= 4 is 5.78 Å². The molecule has 4 saturated carbocycles. The molecule has 0 radical (unpaired) electrons. The fourth-order valence-electron chi connectivity index (χ4n) is 10.2. The Kier molecular flexibility index (Phi) is 4.58. The van der Waals surface area contributed by atoms with E-state index in [1.54, 1.807) is 0 Å². The zero-order chi connectivity index (χ0) is 22.7. The zero-order valence-corrected chi connectivity index (χ0v) is 21.0. The Hall–Kier alpha value is -0.670. The van der Waals surface area contributed by atoms with E-state index in [0.29, 0.717) is 35.4 Å². The lowest BCUT2D eigenvalue weighted by Gasteiger charge is -2.62. The molecule has 10 atom stereocenters. The van der Waals surface area contributed by atoms with Gasteiger partial charge in [-0.05, 0) is 87.4 Å². The highest BCUT2D eigenvalue weighted by Crippen LogP contribution is 2.78. The van der Waals surface area contributed by atoms with Gasteiger partial charge in [0.1, 0.15) is 5.78 Å². The van der Waals surface area contributed by atoms with E-state index in [1.165, 1.54) is 37.7 Å². The summed E-state index contributed by atoms with van der Waals surface area (Å²) in [6, 6.07) is 0. The minimum Gasteiger partial charge on any atom is -0.346 e. The molecule has 3 heteroatoms. The van der Waals surface area contributed by atoms with Gasteiger partial charge in [0.25, 0.3) is 0 Å². The van der Waals surface area contributed by atoms with Crippen LogP contribution in [0.5, 0.6) is 0 Å². The number of carbonyl (C=O) groups excluding carboxylic acids is 1. The van der Waals surface area contributed by atoms with Crippen LogP contribution >= 0.6 is 0 Å². The molecule has 0 aromatic heterocycles. The molecule has 0 aromatic rings. The lowest BCUT2D eigenvalue weighted by molar-refractivity contribution is -0.246. The standard InChI is InChI=1S/C29H44O3/c1-17(2)19(4)8-12-27(6)23-16-21(30)24-28(23)13-10-22-26(5)11-7-18(3)15-20(26)9-14-29(22,24)32-25(28)31-27/h17-18,20,22-25H,4,7-16H2,1-3,5-6H3. The van der Waals surface area contributed by atoms with Crippen LogP contribution in [-0.2, 0) is 14.3 Å². The van der Waals surface area contributed by atoms with E-state index < -0.39 is 0 Å². The Morgan fingerprint density at radius 2 is 1.88 bits per heavy atom. The summed E-state index contributed by atoms with van der Waals surface area (Å²) in [6.45, 7) is 16.0. The van der Waals surface area contributed by atoms with Crippen molar-refractivity contribution in [2.45, 2.75) is 116 Å². The van der Waals surface area contributed by atoms with Gasteiger partial charge in [0.15, 0.2) is 6.29 Å². The molecule has 2 bridgehead atoms. The smallest absolute Gasteiger partial charge is 0.165 e. The summed E-state index contributed by atoms with van der Waals surface area (Å²) < 4.78 is 14.0. The van der Waals surface area contributed by atoms with Crippen LogP contribution in [0.2, 0.25) is 0 Å². The summed E-state index contributed by atoms with van der Waals surface area (Å²) in [5, 5.41) is 0. The maximum absolute atomic E-state index is 13.8. The average molecular weight is 441 g/mol. The quantitative estimate of drug-likeness (QED) is 0.456. The monoisotopic (exact) mass is 440 g/mol. The van der Waals surface area contributed by atoms with E-state index in [9.17, 15) is 4.79 Å². The number of hydrogen-bond acceptors (Lipinski definition) is 3. The lowest BCUT2D eigenvalue weighted by Crippen LogP contribution is -2.62. The summed E-state index contributed by atoms with van der Waals surface area (Å²) in [5.41, 5.74) is 1.06. The van der Waals surface area contributed by atoms with E-state index in [0.717, 1.165) is 37.5 Å². The lowest BCUT2D eigenvalue weighted by atomic mass is 9.43. The van der Waals surface area contributed by atoms with Crippen molar-refractivity contribution in [1.29, 1.82) is 0 Å². The van der Waals surface area contributed by atoms with Crippen LogP contribution in [-0.4, -0.2) is 23.3 Å². The number of fused-ring (bicyclic) bond motifs is 2. The molecule has 32 heavy (non-hydrogen) atoms. The number of rotatable bonds is 4. The summed E-state index contributed by atoms with van der Waals surface area (Å²) in [7, 11) is 0. The number of ether oxygens (including phenoxy) is 2. The first-order valence-electron chi connectivity index (χ1n) is 13.6. The van der Waals surface area contributed by atoms with Gasteiger partial charge in [0.05, 0.1) is 17.1 Å². The molecule has 6 aliphatic rings. The predicted octanol–water partition coefficient (Wildman–Crippen LogP) is 6.70. The van der Waals surface area contributed by atoms with Crippen LogP contribution < -0.4 is 0 Å². The van der Waals surface area contributed by atoms with Crippen LogP contribution in [0.25, 0.3) is 0 Å². The molecule has 0 N–H and O–H groups in total. The molecule has 2 aliphatic heterocycles. The molecule has 10 unspecified atom stereocenters. The highest BCUT2D eigenvalue weighted by atomic mass is 16.7. The molecule has 4 aliphatic carbocycles. The van der Waals surface area contributed by atoms with E-state index in [1.807, 2.05) is 0 Å². The Morgan fingerprint density at radius 1 is 1.09 bits per heavy atom. The maximum Gasteiger partial charge on any atom is 0.165 e. The zero-order valence-electron chi connectivity index (χ0n) is 21.0. The summed E-state index contributed by atoms with van der Waals surface area (Å²) in [5.74, 6) is 3.58. The molecule has 6 rings (SSSR count). The van der Waals surface area contributed by atoms with Crippen LogP contribution in [0.3, 0.4) is 0 Å². The Balaban J connectivity index is 1.33. The normalized spacial score (nSPS) is 55.6. The van der Waals surface area contributed by atoms with E-state index in [4.69, 9.17) is 9.47 Å². The Bertz CT molecular complexity index is 847. The summed E-state index contributed by atoms with van der Waals surface area (Å²) in [4.78, 5) is 13.8. The molecule has 0 amide bonds. The summed E-state index contributed by atoms with van der Waals surface area (Å²) in [6.07, 6.45) is 11.2. The van der Waals surface area contributed by atoms with Gasteiger partial charge >= 0.3 is 0 Å². The third-order valence-corrected chi connectivity index (χ3v) is 12.0. The third kappa shape index (κ3) is 2.48. The highest BCUT2D eigenvalue weighted by Gasteiger charge is 2.83. The van der Waals surface area contributed by atoms with Crippen LogP contribution in [0.15, 0.2) is 12.2 Å². The van der Waals surface area contributed by atoms with Crippen molar-refractivity contribution in [3.63, 3.8) is 0 Å². The number of carbonyl (C=O) groups is 1. The molecular weight excluding hydrogens is 396 g/mol. The average Bonchev–Trinajstić information content (AvgIpc) is 3.24. The molecule has 2 heterocycles. The molecule has 6 fully saturated rings. The van der Waals surface area contributed by atoms with Gasteiger partial charge in [-0.3, -0.25) is 4.79 Å². The number of allylic oxidation sites excluding steroid dienone is 1. The second-order valence-electron chi connectivity index (χ2n) is 13.6. The van der Waals surface area contributed by atoms with Gasteiger partial charge in [-0.15, -0.1) is 0 Å². The Morgan fingerprint density at radius 3 is 2.62 bits per heavy atom. The second kappa shape index (κ2) is 6.72. The van der Waals surface area contributed by atoms with Gasteiger partial charge in [0, 0.05) is 17.8 Å². The number of Topliss-reactive ketones (excluding diaryl/α,β-unsaturated/α-hetero) is 1. The maximum atomic E-state index is 13.8. The SMILES string of the molecule is C=C(CCC1(C)OC2OC34CCC5CC(C)CCC5(C)C3CCC23C1CC(=O)C43)C(C)C. The van der Waals surface area contributed by atoms with Crippen molar-refractivity contribution in [2.75, 3.05) is 0 Å². The number of hydrogen-bond donors (Lipinski definition) is 0. The van der Waals surface area contributed by atoms with Crippen molar-refractivity contribution in [1.82, 2.24) is 0 Å². The van der Waals surface area contributed by atoms with Crippen molar-refractivity contribution in [3.8, 4) is 0 Å². The largest absolute Gasteiger partial charge is 0.346 e. The van der Waals surface area contributed by atoms with Crippen molar-refractivity contribution in [2.24, 2.45) is 46.3 Å². The van der Waals surface area contributed by atoms with E-state index in [2.05, 4.69) is 41.2 Å². The van der Waals surface area contributed by atoms with E-state index >= 15 is 0 Å². The first-order valence-corrected chi connectivity index (χ1v) is 13.6. The topological polar surface area (TPSA) is 35.5 Å². The fourth-order valence-corrected chi connectivity index (χ4v) is 10.2.